The molecule has 1 aliphatic rings. The average Bonchev–Trinajstić information content (AvgIpc) is 2.87. The number of nitrogens with one attached hydrogen (secondary N) is 3. The Balaban J connectivity index is 2.07. The largest absolute Gasteiger partial charge is 0.348 e. The van der Waals surface area contributed by atoms with Gasteiger partial charge in [-0.15, -0.1) is 0 Å². The second kappa shape index (κ2) is 3.61. The highest BCUT2D eigenvalue weighted by Crippen LogP contribution is 2.30. The summed E-state index contributed by atoms with van der Waals surface area (Å²) in [6, 6.07) is -0.00699. The molecule has 0 bridgehead atoms. The normalized spacial score (nSPS) is 19.8. The van der Waals surface area contributed by atoms with Gasteiger partial charge in [0.25, 0.3) is 0 Å². The van der Waals surface area contributed by atoms with Gasteiger partial charge in [0.2, 0.25) is 0 Å². The van der Waals surface area contributed by atoms with Crippen molar-refractivity contribution >= 4 is 11.6 Å². The quantitative estimate of drug-likeness (QED) is 0.701. The van der Waals surface area contributed by atoms with Crippen LogP contribution in [0, 0.1) is 6.92 Å². The fourth-order valence-corrected chi connectivity index (χ4v) is 2.26. The van der Waals surface area contributed by atoms with Crippen molar-refractivity contribution in [3.63, 3.8) is 0 Å². The molecule has 2 aromatic heterocycles. The van der Waals surface area contributed by atoms with Crippen LogP contribution in [-0.2, 0) is 6.42 Å². The fraction of sp³-hybridized carbons (Fsp3) is 0.400. The highest BCUT2D eigenvalue weighted by Gasteiger charge is 2.27. The van der Waals surface area contributed by atoms with Gasteiger partial charge in [-0.05, 0) is 6.92 Å². The summed E-state index contributed by atoms with van der Waals surface area (Å²) in [5.74, 6) is 0. The van der Waals surface area contributed by atoms with E-state index in [1.54, 1.807) is 6.33 Å². The number of halogens is 1. The zero-order valence-corrected chi connectivity index (χ0v) is 9.60. The summed E-state index contributed by atoms with van der Waals surface area (Å²) in [7, 11) is 0. The van der Waals surface area contributed by atoms with Crippen LogP contribution in [0.1, 0.15) is 28.8 Å². The molecule has 0 fully saturated rings. The molecule has 0 radical (unpaired) electrons. The maximum atomic E-state index is 6.20. The van der Waals surface area contributed by atoms with Crippen LogP contribution in [0.3, 0.4) is 0 Å². The van der Waals surface area contributed by atoms with Crippen LogP contribution >= 0.6 is 11.6 Å². The fourth-order valence-electron chi connectivity index (χ4n) is 2.07. The predicted molar refractivity (Wildman–Crippen MR) is 60.5 cm³/mol. The molecule has 0 spiro atoms. The van der Waals surface area contributed by atoms with Crippen molar-refractivity contribution in [1.29, 1.82) is 0 Å². The van der Waals surface area contributed by atoms with Crippen LogP contribution in [0.2, 0.25) is 5.02 Å². The summed E-state index contributed by atoms with van der Waals surface area (Å²) in [6.45, 7) is 2.81. The van der Waals surface area contributed by atoms with Crippen LogP contribution in [0.5, 0.6) is 0 Å². The van der Waals surface area contributed by atoms with Crippen molar-refractivity contribution in [1.82, 2.24) is 25.5 Å². The number of H-pyrrole nitrogens is 2. The van der Waals surface area contributed by atoms with Crippen LogP contribution < -0.4 is 5.32 Å². The van der Waals surface area contributed by atoms with Gasteiger partial charge in [0.1, 0.15) is 5.69 Å². The lowest BCUT2D eigenvalue weighted by Crippen LogP contribution is -2.31. The van der Waals surface area contributed by atoms with Crippen LogP contribution in [-0.4, -0.2) is 26.7 Å². The summed E-state index contributed by atoms with van der Waals surface area (Å²) in [5.41, 5.74) is 3.88. The van der Waals surface area contributed by atoms with Gasteiger partial charge in [0, 0.05) is 18.7 Å². The predicted octanol–water partition coefficient (Wildman–Crippen LogP) is 1.33. The molecule has 1 unspecified atom stereocenters. The molecule has 16 heavy (non-hydrogen) atoms. The number of aryl methyl sites for hydroxylation is 1. The molecule has 1 atom stereocenters. The molecule has 0 amide bonds. The number of fused-ring (bicyclic) bond motifs is 1. The Labute approximate surface area is 97.6 Å². The van der Waals surface area contributed by atoms with E-state index >= 15 is 0 Å². The molecule has 0 aliphatic carbocycles. The third-order valence-electron chi connectivity index (χ3n) is 2.92. The number of aromatic nitrogens is 4. The first-order valence-electron chi connectivity index (χ1n) is 5.23. The van der Waals surface area contributed by atoms with E-state index in [4.69, 9.17) is 11.6 Å². The highest BCUT2D eigenvalue weighted by molar-refractivity contribution is 6.31. The van der Waals surface area contributed by atoms with Gasteiger partial charge in [0.15, 0.2) is 0 Å². The number of nitrogens with zero attached hydrogens (tertiary/aromatic N) is 2. The summed E-state index contributed by atoms with van der Waals surface area (Å²) in [4.78, 5) is 7.49. The molecule has 5 nitrogen and oxygen atoms in total. The lowest BCUT2D eigenvalue weighted by molar-refractivity contribution is 0.542. The first kappa shape index (κ1) is 9.86. The Morgan fingerprint density at radius 3 is 3.06 bits per heavy atom. The van der Waals surface area contributed by atoms with Crippen LogP contribution in [0.25, 0.3) is 0 Å². The third-order valence-corrected chi connectivity index (χ3v) is 3.40. The van der Waals surface area contributed by atoms with E-state index in [1.165, 1.54) is 5.69 Å². The maximum Gasteiger partial charge on any atom is 0.104 e. The molecule has 3 rings (SSSR count). The Hall–Kier alpha value is -1.33. The number of aromatic amines is 2. The van der Waals surface area contributed by atoms with Crippen molar-refractivity contribution in [3.05, 3.63) is 34.1 Å². The first-order valence-corrected chi connectivity index (χ1v) is 5.61. The third kappa shape index (κ3) is 1.36. The Bertz CT molecular complexity index is 515. The van der Waals surface area contributed by atoms with Crippen molar-refractivity contribution in [2.75, 3.05) is 6.54 Å². The van der Waals surface area contributed by atoms with Gasteiger partial charge in [-0.3, -0.25) is 5.10 Å². The number of imidazole rings is 1. The first-order chi connectivity index (χ1) is 7.77. The number of hydrogen-bond donors (Lipinski definition) is 3. The smallest absolute Gasteiger partial charge is 0.104 e. The van der Waals surface area contributed by atoms with Crippen molar-refractivity contribution < 1.29 is 0 Å². The van der Waals surface area contributed by atoms with Crippen LogP contribution in [0.4, 0.5) is 0 Å². The molecule has 0 aromatic carbocycles. The molecule has 3 heterocycles. The summed E-state index contributed by atoms with van der Waals surface area (Å²) in [5, 5.41) is 11.2. The average molecular weight is 238 g/mol. The summed E-state index contributed by atoms with van der Waals surface area (Å²) in [6.07, 6.45) is 2.69. The van der Waals surface area contributed by atoms with Crippen molar-refractivity contribution in [3.8, 4) is 0 Å². The summed E-state index contributed by atoms with van der Waals surface area (Å²) >= 11 is 6.20. The molecule has 84 valence electrons. The van der Waals surface area contributed by atoms with Crippen molar-refractivity contribution in [2.45, 2.75) is 19.4 Å². The second-order valence-corrected chi connectivity index (χ2v) is 4.33. The standard InChI is InChI=1S/C10H12ClN5/c1-5-7(11)9(16-15-5)10-8-6(2-3-12-10)13-4-14-8/h4,10,12H,2-3H2,1H3,(H,13,14)(H,15,16). The molecule has 1 aliphatic heterocycles. The number of hydrogen-bond acceptors (Lipinski definition) is 3. The van der Waals surface area contributed by atoms with E-state index in [9.17, 15) is 0 Å². The van der Waals surface area contributed by atoms with Crippen LogP contribution in [0.15, 0.2) is 6.33 Å². The zero-order valence-electron chi connectivity index (χ0n) is 8.84. The Morgan fingerprint density at radius 1 is 1.44 bits per heavy atom. The molecule has 3 N–H and O–H groups in total. The molecule has 2 aromatic rings. The maximum absolute atomic E-state index is 6.20. The Kier molecular flexibility index (Phi) is 2.22. The highest BCUT2D eigenvalue weighted by atomic mass is 35.5. The van der Waals surface area contributed by atoms with Gasteiger partial charge in [-0.25, -0.2) is 4.98 Å². The van der Waals surface area contributed by atoms with E-state index in [2.05, 4.69) is 25.5 Å². The van der Waals surface area contributed by atoms with Gasteiger partial charge >= 0.3 is 0 Å². The van der Waals surface area contributed by atoms with Gasteiger partial charge in [-0.1, -0.05) is 11.6 Å². The van der Waals surface area contributed by atoms with E-state index in [1.807, 2.05) is 6.92 Å². The van der Waals surface area contributed by atoms with E-state index in [-0.39, 0.29) is 6.04 Å². The molecule has 6 heteroatoms. The summed E-state index contributed by atoms with van der Waals surface area (Å²) < 4.78 is 0. The van der Waals surface area contributed by atoms with E-state index < -0.39 is 0 Å². The molecular weight excluding hydrogens is 226 g/mol. The van der Waals surface area contributed by atoms with E-state index in [0.717, 1.165) is 30.0 Å². The SMILES string of the molecule is Cc1[nH]nc(C2NCCc3[nH]cnc32)c1Cl. The zero-order chi connectivity index (χ0) is 11.1. The Morgan fingerprint density at radius 2 is 2.31 bits per heavy atom. The van der Waals surface area contributed by atoms with Gasteiger partial charge < -0.3 is 10.3 Å². The lowest BCUT2D eigenvalue weighted by Gasteiger charge is -2.21. The second-order valence-electron chi connectivity index (χ2n) is 3.95. The molecule has 0 saturated heterocycles. The minimum Gasteiger partial charge on any atom is -0.348 e. The molecular formula is C10H12ClN5. The minimum absolute atomic E-state index is 0.00699. The number of rotatable bonds is 1. The van der Waals surface area contributed by atoms with Gasteiger partial charge in [0.05, 0.1) is 28.8 Å². The lowest BCUT2D eigenvalue weighted by atomic mass is 10.0. The van der Waals surface area contributed by atoms with Crippen molar-refractivity contribution in [2.24, 2.45) is 0 Å². The molecule has 0 saturated carbocycles. The minimum atomic E-state index is -0.00699. The van der Waals surface area contributed by atoms with Gasteiger partial charge in [-0.2, -0.15) is 5.10 Å². The van der Waals surface area contributed by atoms with E-state index in [0.29, 0.717) is 5.02 Å². The monoisotopic (exact) mass is 237 g/mol. The topological polar surface area (TPSA) is 69.4 Å².